The molecule has 0 aromatic rings. The van der Waals surface area contributed by atoms with E-state index in [4.69, 9.17) is 75.8 Å². The van der Waals surface area contributed by atoms with Crippen molar-refractivity contribution >= 4 is 101 Å². The van der Waals surface area contributed by atoms with Gasteiger partial charge in [-0.3, -0.25) is 38.4 Å². The van der Waals surface area contributed by atoms with Gasteiger partial charge in [0.05, 0.1) is 68.7 Å². The number of halogens is 6. The molecule has 0 aromatic carbocycles. The molecule has 15 rings (SSSR count). The Morgan fingerprint density at radius 2 is 0.692 bits per heavy atom. The first kappa shape index (κ1) is 87.1. The summed E-state index contributed by atoms with van der Waals surface area (Å²) in [5.74, 6) is -17.8. The van der Waals surface area contributed by atoms with Crippen LogP contribution in [0.4, 0.5) is 26.3 Å². The minimum absolute atomic E-state index is 0.0198. The number of rotatable bonds is 23. The van der Waals surface area contributed by atoms with E-state index in [-0.39, 0.29) is 95.5 Å². The molecule has 0 N–H and O–H groups in total. The number of hydrogen-bond donors (Lipinski definition) is 0. The molecule has 0 radical (unpaired) electrons. The average molecular weight is 1670 g/mol. The third kappa shape index (κ3) is 17.1. The Hall–Kier alpha value is -10.8. The zero-order valence-electron chi connectivity index (χ0n) is 63.6. The Morgan fingerprint density at radius 1 is 0.385 bits per heavy atom. The highest BCUT2D eigenvalue weighted by Crippen LogP contribution is 2.63. The molecule has 0 amide bonds. The summed E-state index contributed by atoms with van der Waals surface area (Å²) in [5, 5.41) is 0. The maximum Gasteiger partial charge on any atom is 0.422 e. The van der Waals surface area contributed by atoms with Gasteiger partial charge < -0.3 is 85.3 Å². The summed E-state index contributed by atoms with van der Waals surface area (Å²) in [6, 6.07) is 0. The van der Waals surface area contributed by atoms with Gasteiger partial charge >= 0.3 is 114 Å². The Bertz CT molecular complexity index is 4080. The van der Waals surface area contributed by atoms with Crippen LogP contribution in [0.5, 0.6) is 0 Å². The maximum absolute atomic E-state index is 12.3. The summed E-state index contributed by atoms with van der Waals surface area (Å²) < 4.78 is 164. The number of fused-ring (bicyclic) bond motifs is 5. The van der Waals surface area contributed by atoms with Gasteiger partial charge in [0.2, 0.25) is 0 Å². The van der Waals surface area contributed by atoms with Crippen LogP contribution in [0.2, 0.25) is 0 Å². The van der Waals surface area contributed by atoms with Crippen LogP contribution in [0.25, 0.3) is 0 Å². The monoisotopic (exact) mass is 1670 g/mol. The molecule has 0 aromatic heterocycles. The van der Waals surface area contributed by atoms with Crippen molar-refractivity contribution in [2.45, 2.75) is 152 Å². The predicted octanol–water partition coefficient (Wildman–Crippen LogP) is 3.10. The largest absolute Gasteiger partial charge is 0.469 e. The van der Waals surface area contributed by atoms with Gasteiger partial charge in [-0.25, -0.2) is 43.2 Å². The van der Waals surface area contributed by atoms with Crippen LogP contribution >= 0.6 is 0 Å². The standard InChI is InChI=1S/2C16H15F3O8.C16H18O8.C15H18O6.C13H16O5/c2*1-5(16(17,18)19)13(21)25-4-8(20)26-11-6-3-7-10(9(6)14(22)24-2)15(23)27-12(7)11;1-6(2)14(18)22-5-9(17)23-12-7-4-8-11(10(7)15(19)21-3)16(20)24-13(8)12;1-6(2)13(16)19-7(3)14(17)20-11-8-4-9-10(5-8)15(18)21-12(9)11;1-6(2)12(14)17-5-16-10-7-3-8-9(4-7)13(15)18-11(8)10/h2*6-7,9-12H,1,3-4H2,2H3;7-8,10-13H,1,4-5H2,2-3H3;7-12H,1,4-5H2,2-3H3;7-11H,1,3-5H2,2H3. The molecule has 35 nitrogen and oxygen atoms in total. The fraction of sp³-hybridized carbons (Fsp3) is 0.645. The van der Waals surface area contributed by atoms with E-state index in [1.54, 1.807) is 6.92 Å². The Morgan fingerprint density at radius 3 is 1.03 bits per heavy atom. The summed E-state index contributed by atoms with van der Waals surface area (Å²) in [6.45, 7) is 18.7. The van der Waals surface area contributed by atoms with Gasteiger partial charge in [0.1, 0.15) is 72.2 Å². The molecule has 638 valence electrons. The van der Waals surface area contributed by atoms with Crippen molar-refractivity contribution in [2.24, 2.45) is 107 Å². The lowest BCUT2D eigenvalue weighted by atomic mass is 9.78. The second-order valence-corrected chi connectivity index (χ2v) is 30.9. The molecular weight excluding hydrogens is 1590 g/mol. The molecule has 10 saturated carbocycles. The van der Waals surface area contributed by atoms with E-state index in [0.29, 0.717) is 36.7 Å². The van der Waals surface area contributed by atoms with Gasteiger partial charge in [-0.2, -0.15) is 26.3 Å². The second kappa shape index (κ2) is 34.1. The van der Waals surface area contributed by atoms with Crippen LogP contribution in [0.3, 0.4) is 0 Å². The number of esters is 17. The minimum Gasteiger partial charge on any atom is -0.469 e. The third-order valence-electron chi connectivity index (χ3n) is 24.2. The van der Waals surface area contributed by atoms with Crippen LogP contribution in [-0.4, -0.2) is 229 Å². The summed E-state index contributed by atoms with van der Waals surface area (Å²) in [7, 11) is 3.59. The molecule has 15 fully saturated rings. The smallest absolute Gasteiger partial charge is 0.422 e. The topological polar surface area (TPSA) is 456 Å². The molecule has 15 aliphatic rings. The first-order chi connectivity index (χ1) is 54.9. The van der Waals surface area contributed by atoms with E-state index >= 15 is 0 Å². The van der Waals surface area contributed by atoms with Crippen LogP contribution < -0.4 is 0 Å². The van der Waals surface area contributed by atoms with E-state index < -0.39 is 229 Å². The number of methoxy groups -OCH3 is 3. The van der Waals surface area contributed by atoms with Gasteiger partial charge in [-0.15, -0.1) is 0 Å². The number of ether oxygens (including phenoxy) is 18. The SMILES string of the molecule is C=C(C(=O)OCC(=O)OC1C2CC3C1OC(=O)C3C2C(=O)OC)C(F)(F)F.C=C(C(=O)OCC(=O)OC1C2CC3C1OC(=O)C3C2C(=O)OC)C(F)(F)F.C=C(C)C(=O)OC(C)C(=O)OC1C2CC3C(=O)OC1C3C2.C=C(C)C(=O)OCC(=O)OC1C2CC3C1OC(=O)C3C2C(=O)OC.C=C(C)C(=O)OCOC1C2CC3C(=O)OC1C3C2. The van der Waals surface area contributed by atoms with E-state index in [1.165, 1.54) is 42.1 Å². The first-order valence-corrected chi connectivity index (χ1v) is 37.0. The van der Waals surface area contributed by atoms with Crippen molar-refractivity contribution in [1.82, 2.24) is 0 Å². The summed E-state index contributed by atoms with van der Waals surface area (Å²) >= 11 is 0. The number of hydrogen-bond acceptors (Lipinski definition) is 35. The van der Waals surface area contributed by atoms with Crippen molar-refractivity contribution < 1.29 is 193 Å². The van der Waals surface area contributed by atoms with Crippen molar-refractivity contribution in [3.63, 3.8) is 0 Å². The second-order valence-electron chi connectivity index (χ2n) is 30.9. The highest BCUT2D eigenvalue weighted by atomic mass is 19.4. The maximum atomic E-state index is 12.3. The normalized spacial score (nSPS) is 35.4. The molecule has 10 bridgehead atoms. The fourth-order valence-electron chi connectivity index (χ4n) is 19.3. The van der Waals surface area contributed by atoms with Crippen LogP contribution in [0.1, 0.15) is 72.6 Å². The molecule has 5 aliphatic heterocycles. The number of carbonyl (C=O) groups is 17. The predicted molar refractivity (Wildman–Crippen MR) is 359 cm³/mol. The molecular formula is C76H82F6O35. The quantitative estimate of drug-likeness (QED) is 0.0466. The fourth-order valence-corrected chi connectivity index (χ4v) is 19.3. The Labute approximate surface area is 659 Å². The molecule has 5 heterocycles. The highest BCUT2D eigenvalue weighted by molar-refractivity contribution is 5.94. The summed E-state index contributed by atoms with van der Waals surface area (Å²) in [5.41, 5.74) is -2.77. The lowest BCUT2D eigenvalue weighted by Crippen LogP contribution is -2.44. The molecule has 117 heavy (non-hydrogen) atoms. The van der Waals surface area contributed by atoms with Crippen LogP contribution in [0.15, 0.2) is 60.8 Å². The van der Waals surface area contributed by atoms with Gasteiger partial charge in [-0.1, -0.05) is 32.9 Å². The summed E-state index contributed by atoms with van der Waals surface area (Å²) in [6.07, 6.45) is -11.8. The van der Waals surface area contributed by atoms with Crippen molar-refractivity contribution in [3.05, 3.63) is 60.8 Å². The van der Waals surface area contributed by atoms with E-state index in [2.05, 4.69) is 42.4 Å². The number of carbonyl (C=O) groups excluding carboxylic acids is 17. The molecule has 41 heteroatoms. The minimum atomic E-state index is -4.98. The molecule has 5 saturated heterocycles. The van der Waals surface area contributed by atoms with Gasteiger partial charge in [0, 0.05) is 70.0 Å². The van der Waals surface area contributed by atoms with Crippen molar-refractivity contribution in [3.8, 4) is 0 Å². The lowest BCUT2D eigenvalue weighted by molar-refractivity contribution is -0.175. The van der Waals surface area contributed by atoms with Gasteiger partial charge in [-0.05, 0) is 78.6 Å². The highest BCUT2D eigenvalue weighted by Gasteiger charge is 2.73. The number of alkyl halides is 6. The molecule has 29 atom stereocenters. The van der Waals surface area contributed by atoms with Gasteiger partial charge in [0.25, 0.3) is 0 Å². The van der Waals surface area contributed by atoms with E-state index in [1.807, 2.05) is 0 Å². The van der Waals surface area contributed by atoms with Crippen LogP contribution in [0, 0.1) is 107 Å². The average Bonchev–Trinajstić information content (AvgIpc) is 1.56. The van der Waals surface area contributed by atoms with Crippen molar-refractivity contribution in [2.75, 3.05) is 47.9 Å². The lowest BCUT2D eigenvalue weighted by Gasteiger charge is -2.29. The first-order valence-electron chi connectivity index (χ1n) is 37.0. The summed E-state index contributed by atoms with van der Waals surface area (Å²) in [4.78, 5) is 199. The van der Waals surface area contributed by atoms with Crippen molar-refractivity contribution in [1.29, 1.82) is 0 Å². The van der Waals surface area contributed by atoms with E-state index in [9.17, 15) is 108 Å². The zero-order chi connectivity index (χ0) is 86.0. The Balaban J connectivity index is 0.000000145. The molecule has 29 unspecified atom stereocenters. The van der Waals surface area contributed by atoms with Gasteiger partial charge in [0.15, 0.2) is 32.7 Å². The zero-order valence-corrected chi connectivity index (χ0v) is 63.6. The molecule has 10 aliphatic carbocycles. The van der Waals surface area contributed by atoms with Crippen LogP contribution in [-0.2, 0) is 167 Å². The third-order valence-corrected chi connectivity index (χ3v) is 24.2. The van der Waals surface area contributed by atoms with E-state index in [0.717, 1.165) is 25.7 Å². The Kier molecular flexibility index (Phi) is 25.3. The molecule has 0 spiro atoms.